The Morgan fingerprint density at radius 2 is 0.687 bits per heavy atom. The number of alkyl halides is 2. The second-order valence-electron chi connectivity index (χ2n) is 31.6. The number of ketones is 2. The molecule has 0 atom stereocenters. The molecule has 0 aliphatic carbocycles. The number of anilines is 1. The number of hydrogen-bond donors (Lipinski definition) is 2. The number of amides is 1. The molecule has 13 heterocycles. The van der Waals surface area contributed by atoms with Crippen molar-refractivity contribution >= 4 is 167 Å². The van der Waals surface area contributed by atoms with Crippen LogP contribution >= 0.6 is 86.8 Å². The van der Waals surface area contributed by atoms with Crippen molar-refractivity contribution in [2.75, 3.05) is 10.7 Å². The normalized spacial score (nSPS) is 10.7. The molecule has 24 nitrogen and oxygen atoms in total. The largest absolute Gasteiger partial charge is 0.0622 e. The first kappa shape index (κ1) is 106. The molecule has 0 bridgehead atoms. The third kappa shape index (κ3) is 28.2. The van der Waals surface area contributed by atoms with E-state index in [9.17, 15) is 27.6 Å². The molecule has 0 spiro atoms. The first-order valence-electron chi connectivity index (χ1n) is 44.8. The molecule has 0 aliphatic heterocycles. The van der Waals surface area contributed by atoms with Crippen LogP contribution in [0.2, 0.25) is 0 Å². The number of halogens is 8. The van der Waals surface area contributed by atoms with E-state index in [-0.39, 0.29) is 69.0 Å². The Bertz CT molecular complexity index is 7770. The maximum atomic E-state index is 13.5. The van der Waals surface area contributed by atoms with Gasteiger partial charge in [-0.2, -0.15) is 30.6 Å². The summed E-state index contributed by atoms with van der Waals surface area (Å²) in [5, 5.41) is 39.4. The van der Waals surface area contributed by atoms with Crippen molar-refractivity contribution in [3.05, 3.63) is 464 Å². The van der Waals surface area contributed by atoms with E-state index in [0.29, 0.717) is 95.3 Å². The van der Waals surface area contributed by atoms with E-state index < -0.39 is 15.8 Å². The predicted octanol–water partition coefficient (Wildman–Crippen LogP) is 22.8. The number of nitrogens with zero attached hydrogens (tertiary/aromatic N) is 20. The first-order chi connectivity index (χ1) is 71.8. The fourth-order valence-electron chi connectivity index (χ4n) is 15.4. The zero-order valence-electron chi connectivity index (χ0n) is 78.3. The van der Waals surface area contributed by atoms with Crippen LogP contribution in [0.15, 0.2) is 423 Å². The van der Waals surface area contributed by atoms with Crippen LogP contribution in [0.4, 0.5) is 19.0 Å². The van der Waals surface area contributed by atoms with Gasteiger partial charge in [0.15, 0.2) is 34.3 Å². The number of imidazole rings is 3. The van der Waals surface area contributed by atoms with Crippen LogP contribution in [0.5, 0.6) is 0 Å². The topological polar surface area (TPSA) is 271 Å². The van der Waals surface area contributed by atoms with Gasteiger partial charge in [0.05, 0.1) is 52.8 Å². The predicted molar refractivity (Wildman–Crippen MR) is 585 cm³/mol. The Labute approximate surface area is 887 Å². The molecule has 147 heavy (non-hydrogen) atoms. The van der Waals surface area contributed by atoms with Crippen LogP contribution in [0.1, 0.15) is 42.5 Å². The maximum absolute atomic E-state index is 13.5. The number of aromatic nitrogens is 19. The standard InChI is InChI=1S/C27H19FN8O.C23H16BrFN6O.C23H17FN6O.2C18H15P.CH2Cl2.BHNS.2ClH.Pd/c1-35-16-21(24(34-35)17-2-4-20(28)5-3-17)22-6-7-23-31-26(32-27(37)19-10-14-30-15-11-19)25(36(23)33-22)18-8-12-29-13-9-18;1-30-13-17(22(29-30)15-2-4-16(25)5-3-15)18-6-7-21-27-19(23(24)31(21)28-18)12-20(32)14-8-10-26-11-9-14;1-29-14-19(23(28-29)16-2-4-17(24)5-3-16)20-6-7-22-26-18(13-30(22)27-20)12-21(31)15-8-10-25-11-9-15;2*1-4-10-16(11-5-1)19(17-12-6-2-7-13-17)18-14-8-3-9-15-18;2-1-3;1-2-3;;;/h2-16H,1H3,(H,32,37);2-11,13H,12H2,1H3;2-11,13-14H,12H2,1H3;2*1-15H;1H2;3H;2*1H;/q;;;;;;;;;+2/p-2. The van der Waals surface area contributed by atoms with Gasteiger partial charge in [-0.05, 0) is 221 Å². The molecule has 0 unspecified atom stereocenters. The van der Waals surface area contributed by atoms with E-state index in [2.05, 4.69) is 283 Å². The van der Waals surface area contributed by atoms with Gasteiger partial charge >= 0.3 is 59.8 Å². The zero-order chi connectivity index (χ0) is 103. The van der Waals surface area contributed by atoms with Crippen molar-refractivity contribution in [1.29, 1.82) is 0 Å². The van der Waals surface area contributed by atoms with Gasteiger partial charge in [-0.15, -0.1) is 23.2 Å². The summed E-state index contributed by atoms with van der Waals surface area (Å²) in [7, 11) is 18.5. The van der Waals surface area contributed by atoms with E-state index in [1.165, 1.54) is 68.2 Å². The average molecular weight is 2240 g/mol. The number of fused-ring (bicyclic) bond motifs is 3. The number of benzene rings is 9. The Morgan fingerprint density at radius 3 is 1.04 bits per heavy atom. The summed E-state index contributed by atoms with van der Waals surface area (Å²) in [5.74, 6) is -0.952. The minimum Gasteiger partial charge on any atom is -0.0622 e. The number of nitrogens with one attached hydrogen (secondary N) is 1. The number of pyridine rings is 4. The number of hydrogen-bond acceptors (Lipinski definition) is 18. The number of thiol groups is 1. The molecule has 22 rings (SSSR count). The Hall–Kier alpha value is -15.0. The fraction of sp³-hybridized carbons (Fsp3) is 0.0545. The maximum Gasteiger partial charge on any atom is -0.0134 e. The van der Waals surface area contributed by atoms with Crippen LogP contribution in [0.3, 0.4) is 0 Å². The number of aryl methyl sites for hydroxylation is 3. The van der Waals surface area contributed by atoms with E-state index >= 15 is 0 Å². The van der Waals surface area contributed by atoms with Crippen LogP contribution in [0, 0.1) is 17.5 Å². The van der Waals surface area contributed by atoms with Crippen molar-refractivity contribution in [3.63, 3.8) is 0 Å². The Morgan fingerprint density at radius 1 is 0.381 bits per heavy atom. The van der Waals surface area contributed by atoms with E-state index in [1.54, 1.807) is 156 Å². The third-order valence-electron chi connectivity index (χ3n) is 21.9. The monoisotopic (exact) mass is 2230 g/mol. The summed E-state index contributed by atoms with van der Waals surface area (Å²) >= 11 is 16.2. The Kier molecular flexibility index (Phi) is 38.5. The van der Waals surface area contributed by atoms with Crippen molar-refractivity contribution in [1.82, 2.24) is 93.1 Å². The van der Waals surface area contributed by atoms with Crippen LogP contribution < -0.4 is 37.1 Å². The Balaban J connectivity index is 0.000000137. The van der Waals surface area contributed by atoms with Gasteiger partial charge in [0.1, 0.15) is 44.8 Å². The fourth-order valence-corrected chi connectivity index (χ4v) is 20.5. The second kappa shape index (κ2) is 53.2. The minimum atomic E-state index is -0.446. The summed E-state index contributed by atoms with van der Waals surface area (Å²) in [6.45, 7) is 0. The summed E-state index contributed by atoms with van der Waals surface area (Å²) in [6, 6.07) is 108. The van der Waals surface area contributed by atoms with Gasteiger partial charge in [-0.1, -0.05) is 182 Å². The molecule has 733 valence electrons. The van der Waals surface area contributed by atoms with Crippen molar-refractivity contribution in [2.24, 2.45) is 25.4 Å². The van der Waals surface area contributed by atoms with Gasteiger partial charge in [0, 0.05) is 145 Å². The SMILES string of the molecule is ClCCl.Cn1cc(-c2ccc3nc(CC(=O)c4ccncc4)c(Br)n3n2)c(-c2ccc(F)cc2)n1.Cn1cc(-c2ccc3nc(CC(=O)c4ccncc4)cn3n2)c(-c2ccc(F)cc2)n1.Cn1cc(-c2ccc3nc(NC(=O)c4ccncc4)c(-c4ccncc4)n3n2)c(-c2ccc(F)cc2)n1.[B]=NS.[Cl][Pd][Cl].c1ccc(P(c2ccccc2)c2ccccc2)cc1.c1ccc(P(c2ccccc2)c2ccccc2)cc1. The summed E-state index contributed by atoms with van der Waals surface area (Å²) in [4.78, 5) is 67.7. The average Bonchev–Trinajstić information content (AvgIpc) is 1.61. The third-order valence-corrected chi connectivity index (χ3v) is 27.6. The molecule has 13 aromatic heterocycles. The molecule has 0 saturated heterocycles. The smallest absolute Gasteiger partial charge is 0.0134 e. The van der Waals surface area contributed by atoms with Gasteiger partial charge < -0.3 is 5.32 Å². The molecular formula is C110H85BBrCl4F3N21O3P2PdS. The molecule has 0 saturated carbocycles. The summed E-state index contributed by atoms with van der Waals surface area (Å²) in [6.07, 6.45) is 20.5. The molecule has 37 heteroatoms. The number of carbonyl (C=O) groups is 3. The van der Waals surface area contributed by atoms with Gasteiger partial charge in [-0.25, -0.2) is 41.7 Å². The minimum absolute atomic E-state index is 0.0307. The number of carbonyl (C=O) groups excluding carboxylic acids is 3. The first-order valence-corrected chi connectivity index (χ1v) is 53.8. The molecule has 1 radical (unpaired) electrons. The number of rotatable bonds is 21. The zero-order valence-corrected chi connectivity index (χ0v) is 87.2. The summed E-state index contributed by atoms with van der Waals surface area (Å²) < 4.78 is 53.6. The van der Waals surface area contributed by atoms with Crippen molar-refractivity contribution in [3.8, 4) is 78.8 Å². The molecular weight excluding hydrogens is 2150 g/mol. The molecule has 0 fully saturated rings. The molecule has 1 N–H and O–H groups in total. The van der Waals surface area contributed by atoms with Crippen molar-refractivity contribution in [2.45, 2.75) is 12.8 Å². The van der Waals surface area contributed by atoms with Crippen LogP contribution in [-0.2, 0) is 49.9 Å². The van der Waals surface area contributed by atoms with Crippen LogP contribution in [0.25, 0.3) is 95.7 Å². The molecule has 1 amide bonds. The molecule has 0 aliphatic rings. The van der Waals surface area contributed by atoms with Crippen molar-refractivity contribution < 1.29 is 43.5 Å². The second-order valence-corrected chi connectivity index (χ2v) is 40.2. The quantitative estimate of drug-likeness (QED) is 0.0222. The van der Waals surface area contributed by atoms with Gasteiger partial charge in [0.25, 0.3) is 5.91 Å². The van der Waals surface area contributed by atoms with E-state index in [0.717, 1.165) is 38.9 Å². The van der Waals surface area contributed by atoms with E-state index in [1.807, 2.05) is 88.3 Å². The van der Waals surface area contributed by atoms with E-state index in [4.69, 9.17) is 52.5 Å². The summed E-state index contributed by atoms with van der Waals surface area (Å²) in [5.41, 5.74) is 14.9. The van der Waals surface area contributed by atoms with Gasteiger partial charge in [-0.3, -0.25) is 48.4 Å². The number of Topliss-reactive ketones (excluding diaryl/α,β-unsaturated/α-hetero) is 2. The van der Waals surface area contributed by atoms with Crippen LogP contribution in [-0.4, -0.2) is 124 Å². The molecule has 9 aromatic carbocycles. The van der Waals surface area contributed by atoms with Gasteiger partial charge in [0.2, 0.25) is 0 Å². The molecule has 22 aromatic rings.